The van der Waals surface area contributed by atoms with Crippen molar-refractivity contribution in [1.82, 2.24) is 20.0 Å². The Morgan fingerprint density at radius 2 is 1.74 bits per heavy atom. The molecule has 0 aliphatic carbocycles. The van der Waals surface area contributed by atoms with Crippen LogP contribution in [0.25, 0.3) is 0 Å². The number of benzene rings is 2. The van der Waals surface area contributed by atoms with Gasteiger partial charge in [0.25, 0.3) is 5.91 Å². The zero-order chi connectivity index (χ0) is 28.1. The summed E-state index contributed by atoms with van der Waals surface area (Å²) in [7, 11) is 4.65. The maximum atomic E-state index is 13.6. The number of urea groups is 1. The minimum atomic E-state index is -0.765. The van der Waals surface area contributed by atoms with Crippen LogP contribution < -0.4 is 14.8 Å². The molecule has 0 aromatic heterocycles. The molecule has 0 spiro atoms. The fourth-order valence-electron chi connectivity index (χ4n) is 4.81. The van der Waals surface area contributed by atoms with Crippen molar-refractivity contribution in [2.24, 2.45) is 0 Å². The van der Waals surface area contributed by atoms with Crippen LogP contribution in [0.5, 0.6) is 11.5 Å². The van der Waals surface area contributed by atoms with Crippen LogP contribution in [0.1, 0.15) is 28.9 Å². The zero-order valence-electron chi connectivity index (χ0n) is 22.5. The van der Waals surface area contributed by atoms with Gasteiger partial charge in [-0.15, -0.1) is 0 Å². The number of nitrogens with one attached hydrogen (secondary N) is 1. The van der Waals surface area contributed by atoms with Gasteiger partial charge in [-0.05, 0) is 42.8 Å². The quantitative estimate of drug-likeness (QED) is 0.514. The molecule has 208 valence electrons. The first kappa shape index (κ1) is 27.9. The molecule has 0 radical (unpaired) electrons. The van der Waals surface area contributed by atoms with Gasteiger partial charge in [-0.25, -0.2) is 14.0 Å². The summed E-state index contributed by atoms with van der Waals surface area (Å²) in [6.45, 7) is 4.06. The minimum Gasteiger partial charge on any atom is -0.493 e. The van der Waals surface area contributed by atoms with Crippen molar-refractivity contribution < 1.29 is 33.0 Å². The van der Waals surface area contributed by atoms with Gasteiger partial charge in [0.05, 0.1) is 32.4 Å². The SMILES string of the molecule is CCOC(=O)C1=C(CN2CCN(C(=O)c3cccc(F)c3)CC2)N(C)C(=O)NC1c1ccc(OC)c(OC)c1. The number of ether oxygens (including phenoxy) is 3. The summed E-state index contributed by atoms with van der Waals surface area (Å²) in [6.07, 6.45) is 0. The Labute approximate surface area is 226 Å². The second-order valence-electron chi connectivity index (χ2n) is 9.22. The Hall–Kier alpha value is -4.12. The van der Waals surface area contributed by atoms with Gasteiger partial charge in [0.2, 0.25) is 0 Å². The van der Waals surface area contributed by atoms with Gasteiger partial charge < -0.3 is 24.4 Å². The molecule has 3 amide bonds. The molecular weight excluding hydrogens is 507 g/mol. The lowest BCUT2D eigenvalue weighted by atomic mass is 9.94. The van der Waals surface area contributed by atoms with Crippen LogP contribution in [0, 0.1) is 5.82 Å². The number of rotatable bonds is 8. The Bertz CT molecular complexity index is 1270. The Kier molecular flexibility index (Phi) is 8.70. The van der Waals surface area contributed by atoms with Gasteiger partial charge in [-0.2, -0.15) is 0 Å². The highest BCUT2D eigenvalue weighted by Gasteiger charge is 2.38. The molecule has 11 heteroatoms. The summed E-state index contributed by atoms with van der Waals surface area (Å²) in [4.78, 5) is 44.3. The fraction of sp³-hybridized carbons (Fsp3) is 0.393. The third kappa shape index (κ3) is 5.98. The van der Waals surface area contributed by atoms with Crippen LogP contribution in [0.15, 0.2) is 53.7 Å². The van der Waals surface area contributed by atoms with Gasteiger partial charge in [0.1, 0.15) is 5.82 Å². The number of amides is 3. The van der Waals surface area contributed by atoms with E-state index in [9.17, 15) is 18.8 Å². The minimum absolute atomic E-state index is 0.173. The Morgan fingerprint density at radius 3 is 2.38 bits per heavy atom. The molecule has 2 aromatic rings. The summed E-state index contributed by atoms with van der Waals surface area (Å²) in [5.74, 6) is -0.233. The van der Waals surface area contributed by atoms with E-state index in [4.69, 9.17) is 14.2 Å². The van der Waals surface area contributed by atoms with Gasteiger partial charge in [-0.3, -0.25) is 14.6 Å². The van der Waals surface area contributed by atoms with E-state index in [-0.39, 0.29) is 18.5 Å². The lowest BCUT2D eigenvalue weighted by molar-refractivity contribution is -0.139. The van der Waals surface area contributed by atoms with Crippen molar-refractivity contribution in [2.45, 2.75) is 13.0 Å². The van der Waals surface area contributed by atoms with Gasteiger partial charge in [-0.1, -0.05) is 12.1 Å². The molecule has 0 bridgehead atoms. The fourth-order valence-corrected chi connectivity index (χ4v) is 4.81. The number of carbonyl (C=O) groups is 3. The summed E-state index contributed by atoms with van der Waals surface area (Å²) < 4.78 is 29.8. The van der Waals surface area contributed by atoms with E-state index in [1.54, 1.807) is 43.1 Å². The first-order valence-corrected chi connectivity index (χ1v) is 12.7. The van der Waals surface area contributed by atoms with Gasteiger partial charge >= 0.3 is 12.0 Å². The summed E-state index contributed by atoms with van der Waals surface area (Å²) in [6, 6.07) is 9.73. The Balaban J connectivity index is 1.60. The smallest absolute Gasteiger partial charge is 0.338 e. The first-order chi connectivity index (χ1) is 18.8. The largest absolute Gasteiger partial charge is 0.493 e. The summed E-state index contributed by atoms with van der Waals surface area (Å²) in [5, 5.41) is 2.90. The second kappa shape index (κ2) is 12.2. The molecule has 2 aliphatic heterocycles. The van der Waals surface area contributed by atoms with Crippen LogP contribution in [0.2, 0.25) is 0 Å². The predicted molar refractivity (Wildman–Crippen MR) is 141 cm³/mol. The molecule has 1 unspecified atom stereocenters. The zero-order valence-corrected chi connectivity index (χ0v) is 22.5. The first-order valence-electron chi connectivity index (χ1n) is 12.7. The maximum Gasteiger partial charge on any atom is 0.338 e. The predicted octanol–water partition coefficient (Wildman–Crippen LogP) is 2.81. The van der Waals surface area contributed by atoms with Crippen LogP contribution >= 0.6 is 0 Å². The molecule has 1 saturated heterocycles. The van der Waals surface area contributed by atoms with Crippen LogP contribution in [0.4, 0.5) is 9.18 Å². The van der Waals surface area contributed by atoms with Crippen molar-refractivity contribution >= 4 is 17.9 Å². The van der Waals surface area contributed by atoms with Crippen molar-refractivity contribution in [1.29, 1.82) is 0 Å². The number of hydrogen-bond acceptors (Lipinski definition) is 7. The normalized spacial score (nSPS) is 18.1. The lowest BCUT2D eigenvalue weighted by Crippen LogP contribution is -2.53. The Morgan fingerprint density at radius 1 is 1.03 bits per heavy atom. The third-order valence-electron chi connectivity index (χ3n) is 6.92. The standard InChI is InChI=1S/C28H33FN4O6/c1-5-39-27(35)24-21(17-32-11-13-33(14-12-32)26(34)19-7-6-8-20(29)15-19)31(2)28(36)30-25(24)18-9-10-22(37-3)23(16-18)38-4/h6-10,15-16,25H,5,11-14,17H2,1-4H3,(H,30,36). The highest BCUT2D eigenvalue weighted by Crippen LogP contribution is 2.36. The van der Waals surface area contributed by atoms with E-state index in [0.717, 1.165) is 0 Å². The van der Waals surface area contributed by atoms with Crippen LogP contribution in [-0.2, 0) is 9.53 Å². The van der Waals surface area contributed by atoms with E-state index in [0.29, 0.717) is 66.6 Å². The molecule has 1 atom stereocenters. The summed E-state index contributed by atoms with van der Waals surface area (Å²) >= 11 is 0. The van der Waals surface area contributed by atoms with Crippen molar-refractivity contribution in [3.8, 4) is 11.5 Å². The van der Waals surface area contributed by atoms with E-state index in [1.165, 1.54) is 37.3 Å². The van der Waals surface area contributed by atoms with Gasteiger partial charge in [0.15, 0.2) is 11.5 Å². The number of piperazine rings is 1. The van der Waals surface area contributed by atoms with Crippen LogP contribution in [-0.4, -0.2) is 93.2 Å². The lowest BCUT2D eigenvalue weighted by Gasteiger charge is -2.39. The molecule has 4 rings (SSSR count). The van der Waals surface area contributed by atoms with Crippen molar-refractivity contribution in [3.05, 3.63) is 70.7 Å². The molecular formula is C28H33FN4O6. The number of methoxy groups -OCH3 is 2. The topological polar surface area (TPSA) is 101 Å². The molecule has 2 aromatic carbocycles. The number of hydrogen-bond donors (Lipinski definition) is 1. The molecule has 10 nitrogen and oxygen atoms in total. The van der Waals surface area contributed by atoms with E-state index < -0.39 is 17.8 Å². The number of nitrogens with zero attached hydrogens (tertiary/aromatic N) is 3. The van der Waals surface area contributed by atoms with Crippen molar-refractivity contribution in [3.63, 3.8) is 0 Å². The highest BCUT2D eigenvalue weighted by atomic mass is 19.1. The van der Waals surface area contributed by atoms with E-state index >= 15 is 0 Å². The van der Waals surface area contributed by atoms with Crippen molar-refractivity contribution in [2.75, 3.05) is 60.6 Å². The van der Waals surface area contributed by atoms with Crippen LogP contribution in [0.3, 0.4) is 0 Å². The average Bonchev–Trinajstić information content (AvgIpc) is 2.95. The van der Waals surface area contributed by atoms with Gasteiger partial charge in [0, 0.05) is 51.0 Å². The van der Waals surface area contributed by atoms with E-state index in [1.807, 2.05) is 0 Å². The highest BCUT2D eigenvalue weighted by molar-refractivity contribution is 5.95. The molecule has 1 fully saturated rings. The molecule has 39 heavy (non-hydrogen) atoms. The monoisotopic (exact) mass is 540 g/mol. The molecule has 2 aliphatic rings. The molecule has 1 N–H and O–H groups in total. The number of likely N-dealkylation sites (N-methyl/N-ethyl adjacent to an activating group) is 1. The second-order valence-corrected chi connectivity index (χ2v) is 9.22. The number of esters is 1. The van der Waals surface area contributed by atoms with E-state index in [2.05, 4.69) is 10.2 Å². The summed E-state index contributed by atoms with van der Waals surface area (Å²) in [5.41, 5.74) is 1.78. The number of halogens is 1. The molecule has 0 saturated carbocycles. The third-order valence-corrected chi connectivity index (χ3v) is 6.92. The molecule has 2 heterocycles. The number of carbonyl (C=O) groups excluding carboxylic acids is 3. The maximum absolute atomic E-state index is 13.6. The average molecular weight is 541 g/mol.